The molecule has 0 aliphatic carbocycles. The maximum atomic E-state index is 12.3. The number of Topliss-reactive ketones (excluding diaryl/α,β-unsaturated/α-hetero) is 1. The maximum absolute atomic E-state index is 12.3. The molecule has 5 nitrogen and oxygen atoms in total. The Balaban J connectivity index is 2.16. The molecule has 2 rings (SSSR count). The zero-order chi connectivity index (χ0) is 18.1. The lowest BCUT2D eigenvalue weighted by Gasteiger charge is -2.07. The summed E-state index contributed by atoms with van der Waals surface area (Å²) in [5.41, 5.74) is -0.412. The summed E-state index contributed by atoms with van der Waals surface area (Å²) in [4.78, 5) is 21.8. The van der Waals surface area contributed by atoms with Gasteiger partial charge in [-0.2, -0.15) is 31.4 Å². The number of carbonyl (C=O) groups is 2. The summed E-state index contributed by atoms with van der Waals surface area (Å²) in [6.07, 6.45) is -8.90. The van der Waals surface area contributed by atoms with Crippen LogP contribution in [0.1, 0.15) is 10.4 Å². The molecular weight excluding hydrogens is 344 g/mol. The van der Waals surface area contributed by atoms with E-state index < -0.39 is 35.4 Å². The van der Waals surface area contributed by atoms with E-state index in [4.69, 9.17) is 0 Å². The van der Waals surface area contributed by atoms with Gasteiger partial charge in [0.2, 0.25) is 0 Å². The van der Waals surface area contributed by atoms with Crippen molar-refractivity contribution in [1.29, 1.82) is 0 Å². The number of benzene rings is 1. The molecule has 1 aromatic heterocycles. The fraction of sp³-hybridized carbons (Fsp3) is 0.154. The van der Waals surface area contributed by atoms with Crippen LogP contribution in [0.2, 0.25) is 0 Å². The number of carbonyl (C=O) groups excluding carboxylic acids is 2. The lowest BCUT2D eigenvalue weighted by molar-refractivity contribution is -0.167. The number of nitrogens with zero attached hydrogens (tertiary/aromatic N) is 2. The summed E-state index contributed by atoms with van der Waals surface area (Å²) in [6.45, 7) is 0. The minimum absolute atomic E-state index is 0.182. The molecule has 0 fully saturated rings. The minimum Gasteiger partial charge on any atom is -0.301 e. The van der Waals surface area contributed by atoms with Crippen LogP contribution in [0, 0.1) is 0 Å². The third-order valence-electron chi connectivity index (χ3n) is 2.74. The highest BCUT2D eigenvalue weighted by atomic mass is 19.4. The summed E-state index contributed by atoms with van der Waals surface area (Å²) in [5.74, 6) is -4.63. The SMILES string of the molecule is O=C(Nc1ccn(-c2ccc(C(=O)C(F)(F)F)cc2)n1)C(F)(F)F. The van der Waals surface area contributed by atoms with E-state index in [2.05, 4.69) is 5.10 Å². The highest BCUT2D eigenvalue weighted by molar-refractivity contribution is 6.00. The molecular formula is C13H7F6N3O2. The summed E-state index contributed by atoms with van der Waals surface area (Å²) in [7, 11) is 0. The van der Waals surface area contributed by atoms with Gasteiger partial charge in [-0.25, -0.2) is 4.68 Å². The fourth-order valence-corrected chi connectivity index (χ4v) is 1.65. The number of ketones is 1. The number of amides is 1. The first-order valence-electron chi connectivity index (χ1n) is 6.14. The molecule has 1 aromatic carbocycles. The van der Waals surface area contributed by atoms with Crippen LogP contribution in [0.5, 0.6) is 0 Å². The number of nitrogens with one attached hydrogen (secondary N) is 1. The largest absolute Gasteiger partial charge is 0.471 e. The van der Waals surface area contributed by atoms with E-state index in [9.17, 15) is 35.9 Å². The van der Waals surface area contributed by atoms with Crippen LogP contribution in [0.3, 0.4) is 0 Å². The third kappa shape index (κ3) is 3.91. The predicted molar refractivity (Wildman–Crippen MR) is 68.6 cm³/mol. The van der Waals surface area contributed by atoms with E-state index in [0.717, 1.165) is 35.0 Å². The number of aromatic nitrogens is 2. The van der Waals surface area contributed by atoms with Crippen LogP contribution in [-0.2, 0) is 4.79 Å². The standard InChI is InChI=1S/C13H7F6N3O2/c14-12(15,16)10(23)7-1-3-8(4-2-7)22-6-5-9(21-22)20-11(24)13(17,18)19/h1-6H,(H,20,21,24). The predicted octanol–water partition coefficient (Wildman–Crippen LogP) is 3.12. The molecule has 0 radical (unpaired) electrons. The van der Waals surface area contributed by atoms with Gasteiger partial charge in [0.1, 0.15) is 0 Å². The molecule has 0 aliphatic rings. The van der Waals surface area contributed by atoms with Crippen LogP contribution in [0.4, 0.5) is 32.2 Å². The van der Waals surface area contributed by atoms with Gasteiger partial charge >= 0.3 is 18.3 Å². The molecule has 1 amide bonds. The first-order chi connectivity index (χ1) is 11.0. The second kappa shape index (κ2) is 5.98. The molecule has 0 bridgehead atoms. The van der Waals surface area contributed by atoms with Crippen LogP contribution >= 0.6 is 0 Å². The molecule has 0 atom stereocenters. The molecule has 0 saturated heterocycles. The van der Waals surface area contributed by atoms with Gasteiger partial charge in [-0.1, -0.05) is 0 Å². The Hall–Kier alpha value is -2.85. The van der Waals surface area contributed by atoms with E-state index in [-0.39, 0.29) is 5.69 Å². The molecule has 11 heteroatoms. The molecule has 1 heterocycles. The van der Waals surface area contributed by atoms with Crippen molar-refractivity contribution in [2.75, 3.05) is 5.32 Å². The Labute approximate surface area is 129 Å². The average Bonchev–Trinajstić information content (AvgIpc) is 2.93. The monoisotopic (exact) mass is 351 g/mol. The van der Waals surface area contributed by atoms with Gasteiger partial charge < -0.3 is 5.32 Å². The topological polar surface area (TPSA) is 64.0 Å². The Bertz CT molecular complexity index is 761. The van der Waals surface area contributed by atoms with Crippen LogP contribution in [-0.4, -0.2) is 33.8 Å². The van der Waals surface area contributed by atoms with E-state index in [1.54, 1.807) is 0 Å². The van der Waals surface area contributed by atoms with Gasteiger partial charge in [-0.15, -0.1) is 0 Å². The fourth-order valence-electron chi connectivity index (χ4n) is 1.65. The van der Waals surface area contributed by atoms with Crippen molar-refractivity contribution in [3.63, 3.8) is 0 Å². The van der Waals surface area contributed by atoms with E-state index in [0.29, 0.717) is 0 Å². The third-order valence-corrected chi connectivity index (χ3v) is 2.74. The van der Waals surface area contributed by atoms with Crippen molar-refractivity contribution >= 4 is 17.5 Å². The lowest BCUT2D eigenvalue weighted by Crippen LogP contribution is -2.30. The lowest BCUT2D eigenvalue weighted by atomic mass is 10.1. The highest BCUT2D eigenvalue weighted by Gasteiger charge is 2.39. The zero-order valence-corrected chi connectivity index (χ0v) is 11.4. The van der Waals surface area contributed by atoms with Gasteiger partial charge in [0, 0.05) is 17.8 Å². The van der Waals surface area contributed by atoms with Gasteiger partial charge in [0.15, 0.2) is 5.82 Å². The molecule has 1 N–H and O–H groups in total. The Morgan fingerprint density at radius 1 is 0.917 bits per heavy atom. The van der Waals surface area contributed by atoms with Crippen LogP contribution < -0.4 is 5.32 Å². The van der Waals surface area contributed by atoms with Crippen molar-refractivity contribution in [2.45, 2.75) is 12.4 Å². The van der Waals surface area contributed by atoms with Gasteiger partial charge in [0.25, 0.3) is 5.78 Å². The van der Waals surface area contributed by atoms with Crippen molar-refractivity contribution in [3.05, 3.63) is 42.1 Å². The molecule has 0 aliphatic heterocycles. The number of anilines is 1. The first kappa shape index (κ1) is 17.5. The first-order valence-corrected chi connectivity index (χ1v) is 6.14. The summed E-state index contributed by atoms with van der Waals surface area (Å²) in [5, 5.41) is 5.16. The van der Waals surface area contributed by atoms with Gasteiger partial charge in [0.05, 0.1) is 5.69 Å². The Kier molecular flexibility index (Phi) is 4.36. The molecule has 24 heavy (non-hydrogen) atoms. The minimum atomic E-state index is -5.08. The second-order valence-corrected chi connectivity index (χ2v) is 4.47. The molecule has 0 unspecified atom stereocenters. The van der Waals surface area contributed by atoms with Crippen LogP contribution in [0.25, 0.3) is 5.69 Å². The van der Waals surface area contributed by atoms with Crippen LogP contribution in [0.15, 0.2) is 36.5 Å². The zero-order valence-electron chi connectivity index (χ0n) is 11.4. The van der Waals surface area contributed by atoms with Gasteiger partial charge in [-0.3, -0.25) is 9.59 Å². The molecule has 0 saturated carbocycles. The molecule has 128 valence electrons. The summed E-state index contributed by atoms with van der Waals surface area (Å²) >= 11 is 0. The highest BCUT2D eigenvalue weighted by Crippen LogP contribution is 2.22. The van der Waals surface area contributed by atoms with E-state index >= 15 is 0 Å². The Morgan fingerprint density at radius 3 is 2.00 bits per heavy atom. The number of rotatable bonds is 3. The number of hydrogen-bond donors (Lipinski definition) is 1. The van der Waals surface area contributed by atoms with E-state index in [1.807, 2.05) is 0 Å². The Morgan fingerprint density at radius 2 is 1.50 bits per heavy atom. The number of alkyl halides is 6. The van der Waals surface area contributed by atoms with Crippen molar-refractivity contribution in [3.8, 4) is 5.69 Å². The van der Waals surface area contributed by atoms with Crippen molar-refractivity contribution in [1.82, 2.24) is 9.78 Å². The second-order valence-electron chi connectivity index (χ2n) is 4.47. The maximum Gasteiger partial charge on any atom is 0.471 e. The summed E-state index contributed by atoms with van der Waals surface area (Å²) in [6, 6.07) is 5.13. The van der Waals surface area contributed by atoms with Crippen molar-refractivity contribution < 1.29 is 35.9 Å². The number of hydrogen-bond acceptors (Lipinski definition) is 3. The number of halogens is 6. The van der Waals surface area contributed by atoms with E-state index in [1.165, 1.54) is 11.5 Å². The average molecular weight is 351 g/mol. The summed E-state index contributed by atoms with van der Waals surface area (Å²) < 4.78 is 74.2. The van der Waals surface area contributed by atoms with Gasteiger partial charge in [-0.05, 0) is 24.3 Å². The quantitative estimate of drug-likeness (QED) is 0.683. The van der Waals surface area contributed by atoms with Crippen molar-refractivity contribution in [2.24, 2.45) is 0 Å². The molecule has 0 spiro atoms. The molecule has 2 aromatic rings. The smallest absolute Gasteiger partial charge is 0.301 e. The normalized spacial score (nSPS) is 12.1.